The van der Waals surface area contributed by atoms with Crippen LogP contribution in [-0.4, -0.2) is 29.9 Å². The maximum atomic E-state index is 13.4. The summed E-state index contributed by atoms with van der Waals surface area (Å²) in [4.78, 5) is 5.12. The molecule has 0 amide bonds. The number of aryl methyl sites for hydroxylation is 1. The number of halogens is 3. The van der Waals surface area contributed by atoms with Crippen molar-refractivity contribution in [1.82, 2.24) is 15.3 Å². The second-order valence-corrected chi connectivity index (χ2v) is 9.31. The quantitative estimate of drug-likeness (QED) is 0.805. The second-order valence-electron chi connectivity index (χ2n) is 7.35. The first-order valence-electron chi connectivity index (χ1n) is 8.58. The Bertz CT molecular complexity index is 853. The van der Waals surface area contributed by atoms with E-state index < -0.39 is 38.6 Å². The van der Waals surface area contributed by atoms with Crippen molar-refractivity contribution in [2.24, 2.45) is 7.05 Å². The van der Waals surface area contributed by atoms with Gasteiger partial charge in [-0.25, -0.2) is 13.1 Å². The van der Waals surface area contributed by atoms with Crippen LogP contribution in [0.1, 0.15) is 50.8 Å². The third-order valence-corrected chi connectivity index (χ3v) is 6.04. The molecule has 2 aliphatic rings. The summed E-state index contributed by atoms with van der Waals surface area (Å²) in [7, 11) is -2.80. The van der Waals surface area contributed by atoms with Gasteiger partial charge in [-0.3, -0.25) is 10.3 Å². The Balaban J connectivity index is 1.99. The fraction of sp³-hybridized carbons (Fsp3) is 0.688. The fourth-order valence-electron chi connectivity index (χ4n) is 3.20. The zero-order valence-corrected chi connectivity index (χ0v) is 16.1. The Hall–Kier alpha value is -1.75. The van der Waals surface area contributed by atoms with Gasteiger partial charge in [-0.05, 0) is 45.6 Å². The average molecular weight is 409 g/mol. The maximum Gasteiger partial charge on any atom is 0.435 e. The molecule has 1 aliphatic carbocycles. The van der Waals surface area contributed by atoms with Crippen LogP contribution in [0.2, 0.25) is 0 Å². The summed E-state index contributed by atoms with van der Waals surface area (Å²) in [5, 5.41) is 3.23. The summed E-state index contributed by atoms with van der Waals surface area (Å²) in [6.07, 6.45) is -0.441. The van der Waals surface area contributed by atoms with Crippen molar-refractivity contribution in [2.75, 3.05) is 0 Å². The molecule has 0 unspecified atom stereocenters. The van der Waals surface area contributed by atoms with E-state index in [-0.39, 0.29) is 17.0 Å². The van der Waals surface area contributed by atoms with Crippen LogP contribution in [0.5, 0.6) is 5.88 Å². The van der Waals surface area contributed by atoms with Crippen molar-refractivity contribution in [3.05, 3.63) is 22.4 Å². The Labute approximate surface area is 155 Å². The predicted molar refractivity (Wildman–Crippen MR) is 90.1 cm³/mol. The molecular weight excluding hydrogens is 387 g/mol. The molecule has 27 heavy (non-hydrogen) atoms. The van der Waals surface area contributed by atoms with Crippen LogP contribution >= 0.6 is 0 Å². The number of hydroxylamine groups is 1. The van der Waals surface area contributed by atoms with Gasteiger partial charge >= 0.3 is 6.18 Å². The van der Waals surface area contributed by atoms with Gasteiger partial charge in [0.15, 0.2) is 20.6 Å². The fourth-order valence-corrected chi connectivity index (χ4v) is 4.63. The third kappa shape index (κ3) is 4.23. The van der Waals surface area contributed by atoms with Gasteiger partial charge < -0.3 is 4.74 Å². The Morgan fingerprint density at radius 3 is 2.52 bits per heavy atom. The summed E-state index contributed by atoms with van der Waals surface area (Å²) in [6.45, 7) is 3.25. The molecule has 0 radical (unpaired) electrons. The molecule has 7 nitrogen and oxygen atoms in total. The highest BCUT2D eigenvalue weighted by Gasteiger charge is 2.42. The number of nitrogens with zero attached hydrogens (tertiary/aromatic N) is 2. The van der Waals surface area contributed by atoms with E-state index in [1.807, 2.05) is 0 Å². The smallest absolute Gasteiger partial charge is 0.435 e. The van der Waals surface area contributed by atoms with Crippen LogP contribution in [-0.2, 0) is 33.7 Å². The number of alkyl halides is 3. The highest BCUT2D eigenvalue weighted by Crippen LogP contribution is 2.38. The first kappa shape index (κ1) is 20.0. The van der Waals surface area contributed by atoms with Crippen molar-refractivity contribution in [2.45, 2.75) is 63.2 Å². The minimum Gasteiger partial charge on any atom is -0.474 e. The molecule has 152 valence electrons. The molecule has 0 spiro atoms. The summed E-state index contributed by atoms with van der Waals surface area (Å²) in [6, 6.07) is 0. The van der Waals surface area contributed by atoms with Crippen molar-refractivity contribution >= 4 is 9.84 Å². The molecule has 0 atom stereocenters. The molecule has 1 N–H and O–H groups in total. The van der Waals surface area contributed by atoms with Crippen LogP contribution < -0.4 is 10.2 Å². The van der Waals surface area contributed by atoms with E-state index in [9.17, 15) is 21.6 Å². The van der Waals surface area contributed by atoms with E-state index >= 15 is 0 Å². The van der Waals surface area contributed by atoms with E-state index in [2.05, 4.69) is 10.6 Å². The van der Waals surface area contributed by atoms with Gasteiger partial charge in [-0.2, -0.15) is 18.3 Å². The molecule has 3 rings (SSSR count). The molecule has 1 aromatic heterocycles. The summed E-state index contributed by atoms with van der Waals surface area (Å²) in [5.74, 6) is -1.05. The van der Waals surface area contributed by atoms with Gasteiger partial charge in [-0.15, -0.1) is 0 Å². The van der Waals surface area contributed by atoms with E-state index in [4.69, 9.17) is 9.57 Å². The molecule has 0 bridgehead atoms. The van der Waals surface area contributed by atoms with Gasteiger partial charge in [-0.1, -0.05) is 0 Å². The van der Waals surface area contributed by atoms with Gasteiger partial charge in [0, 0.05) is 7.05 Å². The Kier molecular flexibility index (Phi) is 4.96. The average Bonchev–Trinajstić information content (AvgIpc) is 3.22. The van der Waals surface area contributed by atoms with Gasteiger partial charge in [0.05, 0.1) is 11.3 Å². The number of hydrogen-bond donors (Lipinski definition) is 1. The molecule has 2 heterocycles. The summed E-state index contributed by atoms with van der Waals surface area (Å²) in [5.41, 5.74) is -0.325. The number of sulfone groups is 1. The summed E-state index contributed by atoms with van der Waals surface area (Å²) < 4.78 is 72.4. The van der Waals surface area contributed by atoms with Crippen LogP contribution in [0.3, 0.4) is 0 Å². The monoisotopic (exact) mass is 409 g/mol. The topological polar surface area (TPSA) is 82.5 Å². The standard InChI is InChI=1S/C16H22F3N3O4S/c1-15(2)8-12(21-26-15)27(23,24)9-11-13(16(17,18)19)20-22(3)14(11)25-10-6-4-5-7-10/h8,10,21H,4-7,9H2,1-3H3. The van der Waals surface area contributed by atoms with Crippen molar-refractivity contribution in [3.8, 4) is 5.88 Å². The third-order valence-electron chi connectivity index (χ3n) is 4.50. The van der Waals surface area contributed by atoms with Crippen LogP contribution in [0.15, 0.2) is 11.1 Å². The largest absolute Gasteiger partial charge is 0.474 e. The number of nitrogens with one attached hydrogen (secondary N) is 1. The number of rotatable bonds is 5. The zero-order chi connectivity index (χ0) is 20.0. The molecule has 0 aromatic carbocycles. The Morgan fingerprint density at radius 1 is 1.37 bits per heavy atom. The van der Waals surface area contributed by atoms with Crippen molar-refractivity contribution < 1.29 is 31.2 Å². The minimum absolute atomic E-state index is 0.156. The van der Waals surface area contributed by atoms with Crippen molar-refractivity contribution in [1.29, 1.82) is 0 Å². The lowest BCUT2D eigenvalue weighted by atomic mass is 10.1. The number of ether oxygens (including phenoxy) is 1. The van der Waals surface area contributed by atoms with Crippen LogP contribution in [0.4, 0.5) is 13.2 Å². The predicted octanol–water partition coefficient (Wildman–Crippen LogP) is 2.83. The highest BCUT2D eigenvalue weighted by atomic mass is 32.2. The molecule has 1 fully saturated rings. The van der Waals surface area contributed by atoms with Gasteiger partial charge in [0.2, 0.25) is 5.88 Å². The normalized spacial score (nSPS) is 20.6. The van der Waals surface area contributed by atoms with Crippen LogP contribution in [0, 0.1) is 0 Å². The second kappa shape index (κ2) is 6.69. The SMILES string of the molecule is Cn1nc(C(F)(F)F)c(CS(=O)(=O)C2=CC(C)(C)ON2)c1OC1CCCC1. The lowest BCUT2D eigenvalue weighted by Crippen LogP contribution is -2.23. The first-order chi connectivity index (χ1) is 12.4. The maximum absolute atomic E-state index is 13.4. The first-order valence-corrected chi connectivity index (χ1v) is 10.2. The van der Waals surface area contributed by atoms with E-state index in [1.54, 1.807) is 13.8 Å². The van der Waals surface area contributed by atoms with Crippen LogP contribution in [0.25, 0.3) is 0 Å². The number of hydrogen-bond acceptors (Lipinski definition) is 6. The van der Waals surface area contributed by atoms with E-state index in [0.717, 1.165) is 17.5 Å². The lowest BCUT2D eigenvalue weighted by molar-refractivity contribution is -0.141. The molecule has 1 saturated carbocycles. The Morgan fingerprint density at radius 2 is 2.00 bits per heavy atom. The zero-order valence-electron chi connectivity index (χ0n) is 15.3. The molecule has 0 saturated heterocycles. The lowest BCUT2D eigenvalue weighted by Gasteiger charge is -2.15. The van der Waals surface area contributed by atoms with Gasteiger partial charge in [0.1, 0.15) is 11.7 Å². The van der Waals surface area contributed by atoms with E-state index in [1.165, 1.54) is 13.1 Å². The minimum atomic E-state index is -4.80. The molecular formula is C16H22F3N3O4S. The van der Waals surface area contributed by atoms with E-state index in [0.29, 0.717) is 12.8 Å². The molecule has 11 heteroatoms. The summed E-state index contributed by atoms with van der Waals surface area (Å²) >= 11 is 0. The molecule has 1 aliphatic heterocycles. The highest BCUT2D eigenvalue weighted by molar-refractivity contribution is 7.94. The van der Waals surface area contributed by atoms with Gasteiger partial charge in [0.25, 0.3) is 0 Å². The van der Waals surface area contributed by atoms with Crippen molar-refractivity contribution in [3.63, 3.8) is 0 Å². The number of aromatic nitrogens is 2. The molecule has 1 aromatic rings.